The van der Waals surface area contributed by atoms with Crippen LogP contribution in [0.3, 0.4) is 0 Å². The molecule has 0 unspecified atom stereocenters. The second-order valence-electron chi connectivity index (χ2n) is 13.5. The van der Waals surface area contributed by atoms with E-state index in [0.29, 0.717) is 35.8 Å². The van der Waals surface area contributed by atoms with E-state index in [4.69, 9.17) is 9.47 Å². The zero-order valence-corrected chi connectivity index (χ0v) is 30.2. The number of benzene rings is 6. The molecule has 0 aromatic heterocycles. The molecule has 0 atom stereocenters. The molecule has 0 fully saturated rings. The van der Waals surface area contributed by atoms with E-state index >= 15 is 8.78 Å². The highest BCUT2D eigenvalue weighted by atomic mass is 19.1. The van der Waals surface area contributed by atoms with Crippen LogP contribution in [-0.2, 0) is 0 Å². The van der Waals surface area contributed by atoms with Gasteiger partial charge in [-0.15, -0.1) is 0 Å². The predicted octanol–water partition coefficient (Wildman–Crippen LogP) is 13.7. The molecule has 0 bridgehead atoms. The lowest BCUT2D eigenvalue weighted by molar-refractivity contribution is 0.298. The number of rotatable bonds is 16. The van der Waals surface area contributed by atoms with Gasteiger partial charge >= 0.3 is 0 Å². The number of unbranched alkanes of at least 4 members (excludes halogenated alkanes) is 6. The van der Waals surface area contributed by atoms with Gasteiger partial charge in [-0.3, -0.25) is 0 Å². The van der Waals surface area contributed by atoms with Gasteiger partial charge in [0.25, 0.3) is 0 Å². The van der Waals surface area contributed by atoms with Gasteiger partial charge in [-0.05, 0) is 120 Å². The predicted molar refractivity (Wildman–Crippen MR) is 207 cm³/mol. The number of hydrogen-bond acceptors (Lipinski definition) is 2. The van der Waals surface area contributed by atoms with Gasteiger partial charge < -0.3 is 9.47 Å². The van der Waals surface area contributed by atoms with Crippen molar-refractivity contribution in [2.24, 2.45) is 0 Å². The van der Waals surface area contributed by atoms with Crippen LogP contribution in [0, 0.1) is 37.1 Å². The Morgan fingerprint density at radius 3 is 1.06 bits per heavy atom. The summed E-state index contributed by atoms with van der Waals surface area (Å²) in [5.41, 5.74) is 8.38. The molecule has 6 rings (SSSR count). The summed E-state index contributed by atoms with van der Waals surface area (Å²) in [5, 5.41) is 0. The first-order valence-electron chi connectivity index (χ1n) is 18.3. The van der Waals surface area contributed by atoms with E-state index in [2.05, 4.69) is 0 Å². The van der Waals surface area contributed by atoms with Crippen LogP contribution >= 0.6 is 0 Å². The van der Waals surface area contributed by atoms with Crippen LogP contribution in [0.5, 0.6) is 11.5 Å². The third-order valence-corrected chi connectivity index (χ3v) is 9.59. The topological polar surface area (TPSA) is 18.5 Å². The summed E-state index contributed by atoms with van der Waals surface area (Å²) < 4.78 is 68.4. The van der Waals surface area contributed by atoms with Gasteiger partial charge in [0.2, 0.25) is 0 Å². The minimum atomic E-state index is -0.330. The zero-order chi connectivity index (χ0) is 37.2. The largest absolute Gasteiger partial charge is 0.493 e. The van der Waals surface area contributed by atoms with E-state index < -0.39 is 0 Å². The molecule has 2 nitrogen and oxygen atoms in total. The Morgan fingerprint density at radius 1 is 0.358 bits per heavy atom. The van der Waals surface area contributed by atoms with Gasteiger partial charge in [-0.25, -0.2) is 17.6 Å². The Morgan fingerprint density at radius 2 is 0.698 bits per heavy atom. The standard InChI is InChI=1S/C47H44F4O2/c1-32-28-36(14-22-42(32)34-10-16-38(48)17-11-34)44-24-20-40(30-46(44)50)52-26-8-6-4-3-5-7-9-27-53-41-21-25-45(47(51)31-41)37-15-23-43(33(2)29-37)35-12-18-39(49)19-13-35/h10-25,28-31H,3-9,26-27H2,1-2H3. The van der Waals surface area contributed by atoms with Crippen LogP contribution in [0.25, 0.3) is 44.5 Å². The Hall–Kier alpha value is -5.36. The molecule has 0 aliphatic rings. The van der Waals surface area contributed by atoms with Crippen LogP contribution in [-0.4, -0.2) is 13.2 Å². The van der Waals surface area contributed by atoms with Crippen LogP contribution in [0.4, 0.5) is 17.6 Å². The Balaban J connectivity index is 0.851. The second kappa shape index (κ2) is 17.9. The van der Waals surface area contributed by atoms with Gasteiger partial charge in [0.1, 0.15) is 34.8 Å². The summed E-state index contributed by atoms with van der Waals surface area (Å²) in [6.07, 6.45) is 7.19. The highest BCUT2D eigenvalue weighted by Gasteiger charge is 2.12. The fourth-order valence-corrected chi connectivity index (χ4v) is 6.68. The van der Waals surface area contributed by atoms with Crippen molar-refractivity contribution in [3.05, 3.63) is 156 Å². The molecular weight excluding hydrogens is 673 g/mol. The molecule has 6 aromatic rings. The van der Waals surface area contributed by atoms with Gasteiger partial charge in [0, 0.05) is 23.3 Å². The summed E-state index contributed by atoms with van der Waals surface area (Å²) in [7, 11) is 0. The quantitative estimate of drug-likeness (QED) is 0.0733. The molecule has 0 saturated carbocycles. The summed E-state index contributed by atoms with van der Waals surface area (Å²) >= 11 is 0. The Kier molecular flexibility index (Phi) is 12.6. The number of halogens is 4. The summed E-state index contributed by atoms with van der Waals surface area (Å²) in [5.74, 6) is -0.169. The maximum atomic E-state index is 15.1. The first-order valence-corrected chi connectivity index (χ1v) is 18.3. The van der Waals surface area contributed by atoms with Gasteiger partial charge in [0.05, 0.1) is 13.2 Å². The van der Waals surface area contributed by atoms with Crippen molar-refractivity contribution < 1.29 is 27.0 Å². The Bertz CT molecular complexity index is 1970. The molecule has 0 saturated heterocycles. The van der Waals surface area contributed by atoms with Crippen molar-refractivity contribution in [3.8, 4) is 56.0 Å². The number of aryl methyl sites for hydroxylation is 2. The maximum absolute atomic E-state index is 15.1. The van der Waals surface area contributed by atoms with Crippen LogP contribution < -0.4 is 9.47 Å². The van der Waals surface area contributed by atoms with Gasteiger partial charge in [0.15, 0.2) is 0 Å². The van der Waals surface area contributed by atoms with E-state index in [1.807, 2.05) is 62.4 Å². The lowest BCUT2D eigenvalue weighted by Gasteiger charge is -2.12. The Labute approximate surface area is 310 Å². The van der Waals surface area contributed by atoms with Crippen LogP contribution in [0.1, 0.15) is 56.1 Å². The molecule has 0 radical (unpaired) electrons. The molecule has 6 aromatic carbocycles. The van der Waals surface area contributed by atoms with E-state index in [0.717, 1.165) is 89.5 Å². The van der Waals surface area contributed by atoms with Crippen molar-refractivity contribution in [2.45, 2.75) is 58.8 Å². The third kappa shape index (κ3) is 9.95. The first kappa shape index (κ1) is 37.4. The summed E-state index contributed by atoms with van der Waals surface area (Å²) in [4.78, 5) is 0. The zero-order valence-electron chi connectivity index (χ0n) is 30.2. The molecule has 0 aliphatic heterocycles. The van der Waals surface area contributed by atoms with E-state index in [9.17, 15) is 8.78 Å². The highest BCUT2D eigenvalue weighted by molar-refractivity contribution is 5.75. The van der Waals surface area contributed by atoms with Crippen LogP contribution in [0.15, 0.2) is 121 Å². The lowest BCUT2D eigenvalue weighted by Crippen LogP contribution is -1.99. The fourth-order valence-electron chi connectivity index (χ4n) is 6.68. The second-order valence-corrected chi connectivity index (χ2v) is 13.5. The van der Waals surface area contributed by atoms with Gasteiger partial charge in [-0.2, -0.15) is 0 Å². The third-order valence-electron chi connectivity index (χ3n) is 9.59. The van der Waals surface area contributed by atoms with Crippen molar-refractivity contribution in [1.82, 2.24) is 0 Å². The van der Waals surface area contributed by atoms with Crippen molar-refractivity contribution in [3.63, 3.8) is 0 Å². The van der Waals surface area contributed by atoms with Crippen molar-refractivity contribution in [2.75, 3.05) is 13.2 Å². The summed E-state index contributed by atoms with van der Waals surface area (Å²) in [6.45, 7) is 5.01. The maximum Gasteiger partial charge on any atom is 0.134 e. The van der Waals surface area contributed by atoms with E-state index in [1.165, 1.54) is 36.4 Å². The molecule has 0 heterocycles. The van der Waals surface area contributed by atoms with E-state index in [1.54, 1.807) is 36.4 Å². The smallest absolute Gasteiger partial charge is 0.134 e. The minimum Gasteiger partial charge on any atom is -0.493 e. The number of ether oxygens (including phenoxy) is 2. The number of hydrogen-bond donors (Lipinski definition) is 0. The van der Waals surface area contributed by atoms with Crippen LogP contribution in [0.2, 0.25) is 0 Å². The molecule has 0 amide bonds. The fraction of sp³-hybridized carbons (Fsp3) is 0.234. The normalized spacial score (nSPS) is 11.1. The SMILES string of the molecule is Cc1cc(-c2ccc(OCCCCCCCCCOc3ccc(-c4ccc(-c5ccc(F)cc5)c(C)c4)c(F)c3)cc2F)ccc1-c1ccc(F)cc1. The molecule has 0 spiro atoms. The average molecular weight is 717 g/mol. The van der Waals surface area contributed by atoms with E-state index in [-0.39, 0.29) is 23.3 Å². The summed E-state index contributed by atoms with van der Waals surface area (Å²) in [6, 6.07) is 34.3. The monoisotopic (exact) mass is 716 g/mol. The molecular formula is C47H44F4O2. The molecule has 53 heavy (non-hydrogen) atoms. The van der Waals surface area contributed by atoms with Crippen molar-refractivity contribution >= 4 is 0 Å². The van der Waals surface area contributed by atoms with Gasteiger partial charge in [-0.1, -0.05) is 92.8 Å². The molecule has 272 valence electrons. The highest BCUT2D eigenvalue weighted by Crippen LogP contribution is 2.33. The average Bonchev–Trinajstić information content (AvgIpc) is 3.15. The minimum absolute atomic E-state index is 0.275. The molecule has 6 heteroatoms. The first-order chi connectivity index (χ1) is 25.7. The lowest BCUT2D eigenvalue weighted by atomic mass is 9.95. The molecule has 0 N–H and O–H groups in total. The molecule has 0 aliphatic carbocycles. The van der Waals surface area contributed by atoms with Crippen molar-refractivity contribution in [1.29, 1.82) is 0 Å².